The second kappa shape index (κ2) is 9.71. The van der Waals surface area contributed by atoms with Gasteiger partial charge in [-0.1, -0.05) is 30.3 Å². The molecule has 3 aromatic rings. The fourth-order valence-corrected chi connectivity index (χ4v) is 4.01. The number of benzene rings is 3. The minimum atomic E-state index is 0.0363. The van der Waals surface area contributed by atoms with Crippen molar-refractivity contribution < 1.29 is 23.9 Å². The number of methoxy groups -OCH3 is 2. The van der Waals surface area contributed by atoms with Crippen LogP contribution in [-0.4, -0.2) is 57.8 Å². The number of rotatable bonds is 7. The van der Waals surface area contributed by atoms with Crippen LogP contribution < -0.4 is 19.1 Å². The Hall–Kier alpha value is -3.25. The largest absolute Gasteiger partial charge is 0.497 e. The Morgan fingerprint density at radius 1 is 0.903 bits per heavy atom. The number of nitrogens with zero attached hydrogens (tertiary/aromatic N) is 1. The Morgan fingerprint density at radius 2 is 1.65 bits per heavy atom. The van der Waals surface area contributed by atoms with Crippen LogP contribution in [0.2, 0.25) is 0 Å². The second-order valence-corrected chi connectivity index (χ2v) is 7.78. The first-order valence-electron chi connectivity index (χ1n) is 10.6. The minimum Gasteiger partial charge on any atom is -0.497 e. The number of quaternary nitrogens is 1. The van der Waals surface area contributed by atoms with E-state index >= 15 is 0 Å². The van der Waals surface area contributed by atoms with Gasteiger partial charge in [-0.3, -0.25) is 4.79 Å². The van der Waals surface area contributed by atoms with Crippen LogP contribution in [0.5, 0.6) is 17.2 Å². The van der Waals surface area contributed by atoms with E-state index in [1.54, 1.807) is 14.2 Å². The van der Waals surface area contributed by atoms with Crippen molar-refractivity contribution in [1.82, 2.24) is 4.90 Å². The summed E-state index contributed by atoms with van der Waals surface area (Å²) in [7, 11) is 3.33. The van der Waals surface area contributed by atoms with E-state index in [1.165, 1.54) is 4.90 Å². The summed E-state index contributed by atoms with van der Waals surface area (Å²) in [6.07, 6.45) is 0. The number of hydrogen-bond acceptors (Lipinski definition) is 4. The van der Waals surface area contributed by atoms with Gasteiger partial charge in [0.05, 0.1) is 40.4 Å². The summed E-state index contributed by atoms with van der Waals surface area (Å²) in [4.78, 5) is 16.0. The molecule has 4 rings (SSSR count). The third kappa shape index (κ3) is 5.09. The van der Waals surface area contributed by atoms with Crippen LogP contribution in [0.1, 0.15) is 5.56 Å². The summed E-state index contributed by atoms with van der Waals surface area (Å²) in [6, 6.07) is 20.0. The molecule has 0 aromatic heterocycles. The Labute approximate surface area is 182 Å². The van der Waals surface area contributed by atoms with E-state index in [-0.39, 0.29) is 12.5 Å². The molecule has 31 heavy (non-hydrogen) atoms. The molecule has 1 N–H and O–H groups in total. The molecule has 0 unspecified atom stereocenters. The lowest BCUT2D eigenvalue weighted by molar-refractivity contribution is -0.917. The summed E-state index contributed by atoms with van der Waals surface area (Å²) < 4.78 is 16.6. The highest BCUT2D eigenvalue weighted by Gasteiger charge is 2.25. The molecule has 162 valence electrons. The predicted octanol–water partition coefficient (Wildman–Crippen LogP) is 2.16. The van der Waals surface area contributed by atoms with Gasteiger partial charge >= 0.3 is 0 Å². The van der Waals surface area contributed by atoms with Crippen LogP contribution in [0.3, 0.4) is 0 Å². The smallest absolute Gasteiger partial charge is 0.260 e. The molecule has 0 radical (unpaired) electrons. The average Bonchev–Trinajstić information content (AvgIpc) is 2.83. The molecule has 1 fully saturated rings. The summed E-state index contributed by atoms with van der Waals surface area (Å²) in [5.41, 5.74) is 1.15. The van der Waals surface area contributed by atoms with Crippen LogP contribution in [0.25, 0.3) is 10.8 Å². The SMILES string of the molecule is COc1ccc(C[NH+]2CCN(C(=O)COc3ccc4ccccc4c3)CC2)c(OC)c1. The van der Waals surface area contributed by atoms with Gasteiger partial charge in [-0.15, -0.1) is 0 Å². The molecule has 1 saturated heterocycles. The average molecular weight is 422 g/mol. The summed E-state index contributed by atoms with van der Waals surface area (Å²) in [5, 5.41) is 2.27. The normalized spacial score (nSPS) is 14.5. The maximum absolute atomic E-state index is 12.6. The van der Waals surface area contributed by atoms with Crippen molar-refractivity contribution >= 4 is 16.7 Å². The highest BCUT2D eigenvalue weighted by molar-refractivity contribution is 5.84. The number of nitrogens with one attached hydrogen (secondary N) is 1. The monoisotopic (exact) mass is 421 g/mol. The van der Waals surface area contributed by atoms with Crippen molar-refractivity contribution in [2.75, 3.05) is 47.0 Å². The lowest BCUT2D eigenvalue weighted by Gasteiger charge is -2.32. The molecule has 1 amide bonds. The minimum absolute atomic E-state index is 0.0363. The molecule has 0 bridgehead atoms. The summed E-state index contributed by atoms with van der Waals surface area (Å²) in [5.74, 6) is 2.39. The number of fused-ring (bicyclic) bond motifs is 1. The van der Waals surface area contributed by atoms with Crippen LogP contribution in [0.4, 0.5) is 0 Å². The first kappa shape index (κ1) is 21.0. The number of piperazine rings is 1. The lowest BCUT2D eigenvalue weighted by Crippen LogP contribution is -3.13. The zero-order chi connectivity index (χ0) is 21.6. The van der Waals surface area contributed by atoms with Gasteiger partial charge in [0.2, 0.25) is 0 Å². The zero-order valence-corrected chi connectivity index (χ0v) is 18.1. The van der Waals surface area contributed by atoms with Crippen LogP contribution >= 0.6 is 0 Å². The summed E-state index contributed by atoms with van der Waals surface area (Å²) >= 11 is 0. The Morgan fingerprint density at radius 3 is 2.39 bits per heavy atom. The van der Waals surface area contributed by atoms with Crippen LogP contribution in [0, 0.1) is 0 Å². The van der Waals surface area contributed by atoms with Gasteiger partial charge in [-0.05, 0) is 35.0 Å². The van der Waals surface area contributed by atoms with Crippen molar-refractivity contribution in [2.45, 2.75) is 6.54 Å². The molecule has 1 heterocycles. The summed E-state index contributed by atoms with van der Waals surface area (Å²) in [6.45, 7) is 4.19. The Balaban J connectivity index is 1.27. The second-order valence-electron chi connectivity index (χ2n) is 7.78. The topological polar surface area (TPSA) is 52.4 Å². The van der Waals surface area contributed by atoms with E-state index < -0.39 is 0 Å². The van der Waals surface area contributed by atoms with E-state index in [9.17, 15) is 4.79 Å². The van der Waals surface area contributed by atoms with E-state index in [0.29, 0.717) is 0 Å². The number of amides is 1. The van der Waals surface area contributed by atoms with E-state index in [0.717, 1.165) is 66.3 Å². The van der Waals surface area contributed by atoms with Crippen LogP contribution in [0.15, 0.2) is 60.7 Å². The number of carbonyl (C=O) groups excluding carboxylic acids is 1. The quantitative estimate of drug-likeness (QED) is 0.635. The van der Waals surface area contributed by atoms with Gasteiger partial charge in [0, 0.05) is 11.6 Å². The third-order valence-electron chi connectivity index (χ3n) is 5.84. The molecular formula is C25H29N2O4+. The maximum atomic E-state index is 12.6. The molecule has 0 aliphatic carbocycles. The maximum Gasteiger partial charge on any atom is 0.260 e. The van der Waals surface area contributed by atoms with Crippen molar-refractivity contribution in [2.24, 2.45) is 0 Å². The van der Waals surface area contributed by atoms with Crippen molar-refractivity contribution in [3.8, 4) is 17.2 Å². The zero-order valence-electron chi connectivity index (χ0n) is 18.1. The Kier molecular flexibility index (Phi) is 6.57. The lowest BCUT2D eigenvalue weighted by atomic mass is 10.1. The number of carbonyl (C=O) groups is 1. The molecule has 6 heteroatoms. The molecule has 0 spiro atoms. The highest BCUT2D eigenvalue weighted by atomic mass is 16.5. The van der Waals surface area contributed by atoms with Gasteiger partial charge in [-0.2, -0.15) is 0 Å². The molecule has 6 nitrogen and oxygen atoms in total. The van der Waals surface area contributed by atoms with Gasteiger partial charge in [-0.25, -0.2) is 0 Å². The molecule has 3 aromatic carbocycles. The van der Waals surface area contributed by atoms with E-state index in [2.05, 4.69) is 12.1 Å². The van der Waals surface area contributed by atoms with E-state index in [1.807, 2.05) is 53.4 Å². The first-order chi connectivity index (χ1) is 15.2. The highest BCUT2D eigenvalue weighted by Crippen LogP contribution is 2.24. The molecule has 1 aliphatic heterocycles. The fraction of sp³-hybridized carbons (Fsp3) is 0.320. The number of hydrogen-bond donors (Lipinski definition) is 1. The van der Waals surface area contributed by atoms with Gasteiger partial charge < -0.3 is 24.0 Å². The Bertz CT molecular complexity index is 1040. The van der Waals surface area contributed by atoms with Gasteiger partial charge in [0.15, 0.2) is 6.61 Å². The first-order valence-corrected chi connectivity index (χ1v) is 10.6. The van der Waals surface area contributed by atoms with Crippen molar-refractivity contribution in [3.05, 3.63) is 66.2 Å². The van der Waals surface area contributed by atoms with Gasteiger partial charge in [0.1, 0.15) is 23.8 Å². The van der Waals surface area contributed by atoms with Crippen molar-refractivity contribution in [3.63, 3.8) is 0 Å². The predicted molar refractivity (Wildman–Crippen MR) is 120 cm³/mol. The van der Waals surface area contributed by atoms with Crippen molar-refractivity contribution in [1.29, 1.82) is 0 Å². The number of ether oxygens (including phenoxy) is 3. The van der Waals surface area contributed by atoms with Crippen LogP contribution in [-0.2, 0) is 11.3 Å². The molecule has 1 aliphatic rings. The third-order valence-corrected chi connectivity index (χ3v) is 5.84. The molecular weight excluding hydrogens is 392 g/mol. The fourth-order valence-electron chi connectivity index (χ4n) is 4.01. The standard InChI is InChI=1S/C25H28N2O4/c1-29-22-9-8-21(24(16-22)30-2)17-26-11-13-27(14-12-26)25(28)18-31-23-10-7-19-5-3-4-6-20(19)15-23/h3-10,15-16H,11-14,17-18H2,1-2H3/p+1. The van der Waals surface area contributed by atoms with E-state index in [4.69, 9.17) is 14.2 Å². The molecule has 0 atom stereocenters. The molecule has 0 saturated carbocycles. The van der Waals surface area contributed by atoms with Gasteiger partial charge in [0.25, 0.3) is 5.91 Å².